The number of carbonyl (C=O) groups is 2. The smallest absolute Gasteiger partial charge is 0.323 e. The van der Waals surface area contributed by atoms with Crippen LogP contribution in [-0.4, -0.2) is 44.3 Å². The Morgan fingerprint density at radius 3 is 2.83 bits per heavy atom. The molecule has 1 fully saturated rings. The summed E-state index contributed by atoms with van der Waals surface area (Å²) >= 11 is 6.00. The molecule has 0 aliphatic carbocycles. The molecule has 29 heavy (non-hydrogen) atoms. The average molecular weight is 434 g/mol. The highest BCUT2D eigenvalue weighted by molar-refractivity contribution is 8.26. The summed E-state index contributed by atoms with van der Waals surface area (Å²) in [4.78, 5) is 35.3. The third kappa shape index (κ3) is 4.46. The Kier molecular flexibility index (Phi) is 5.99. The van der Waals surface area contributed by atoms with Crippen LogP contribution in [0.3, 0.4) is 0 Å². The zero-order chi connectivity index (χ0) is 21.1. The molecule has 3 rings (SSSR count). The molecule has 1 aliphatic heterocycles. The maximum atomic E-state index is 12.3. The van der Waals surface area contributed by atoms with E-state index in [0.29, 0.717) is 12.4 Å². The molecule has 1 aliphatic rings. The Balaban J connectivity index is 1.89. The summed E-state index contributed by atoms with van der Waals surface area (Å²) in [7, 11) is 0. The van der Waals surface area contributed by atoms with Gasteiger partial charge in [-0.25, -0.2) is 0 Å². The van der Waals surface area contributed by atoms with E-state index in [1.54, 1.807) is 25.1 Å². The second-order valence-electron chi connectivity index (χ2n) is 5.73. The number of nitro groups is 1. The summed E-state index contributed by atoms with van der Waals surface area (Å²) in [6.07, 6.45) is 1.42. The quantitative estimate of drug-likeness (QED) is 0.302. The van der Waals surface area contributed by atoms with E-state index in [9.17, 15) is 19.7 Å². The molecule has 150 valence electrons. The molecule has 0 spiro atoms. The lowest BCUT2D eigenvalue weighted by atomic mass is 10.1. The number of benzene rings is 1. The molecule has 0 bridgehead atoms. The third-order valence-electron chi connectivity index (χ3n) is 3.81. The summed E-state index contributed by atoms with van der Waals surface area (Å²) in [5.41, 5.74) is 0.0844. The van der Waals surface area contributed by atoms with Crippen LogP contribution in [0.1, 0.15) is 12.7 Å². The van der Waals surface area contributed by atoms with E-state index >= 15 is 0 Å². The summed E-state index contributed by atoms with van der Waals surface area (Å²) < 4.78 is 11.1. The van der Waals surface area contributed by atoms with E-state index in [4.69, 9.17) is 26.5 Å². The number of rotatable bonds is 7. The number of carboxylic acids is 1. The van der Waals surface area contributed by atoms with Crippen molar-refractivity contribution in [1.29, 1.82) is 0 Å². The number of amides is 1. The van der Waals surface area contributed by atoms with E-state index in [1.165, 1.54) is 18.2 Å². The topological polar surface area (TPSA) is 123 Å². The van der Waals surface area contributed by atoms with Gasteiger partial charge in [-0.05, 0) is 31.2 Å². The summed E-state index contributed by atoms with van der Waals surface area (Å²) in [6, 6.07) is 7.55. The first kappa shape index (κ1) is 20.6. The van der Waals surface area contributed by atoms with Crippen molar-refractivity contribution in [2.75, 3.05) is 13.2 Å². The first-order valence-corrected chi connectivity index (χ1v) is 9.51. The Hall–Kier alpha value is -3.18. The molecular formula is C18H14N2O7S2. The number of ether oxygens (including phenoxy) is 1. The number of nitrogens with zero attached hydrogens (tertiary/aromatic N) is 2. The lowest BCUT2D eigenvalue weighted by molar-refractivity contribution is -0.384. The van der Waals surface area contributed by atoms with Crippen LogP contribution in [0.4, 0.5) is 5.69 Å². The number of hydrogen-bond donors (Lipinski definition) is 1. The Morgan fingerprint density at radius 2 is 2.17 bits per heavy atom. The van der Waals surface area contributed by atoms with E-state index in [-0.39, 0.29) is 32.0 Å². The van der Waals surface area contributed by atoms with Gasteiger partial charge in [0.2, 0.25) is 0 Å². The van der Waals surface area contributed by atoms with Crippen molar-refractivity contribution in [3.05, 3.63) is 51.1 Å². The first-order chi connectivity index (χ1) is 13.8. The van der Waals surface area contributed by atoms with Crippen LogP contribution in [0.15, 0.2) is 39.7 Å². The van der Waals surface area contributed by atoms with Crippen molar-refractivity contribution in [1.82, 2.24) is 4.90 Å². The number of aliphatic carboxylic acids is 1. The fraction of sp³-hybridized carbons (Fsp3) is 0.167. The molecule has 1 amide bonds. The van der Waals surface area contributed by atoms with Crippen molar-refractivity contribution in [2.24, 2.45) is 0 Å². The van der Waals surface area contributed by atoms with Crippen molar-refractivity contribution < 1.29 is 28.8 Å². The summed E-state index contributed by atoms with van der Waals surface area (Å²) in [6.45, 7) is 1.63. The molecule has 0 radical (unpaired) electrons. The standard InChI is InChI=1S/C18H14N2O7S2/c1-2-26-10-3-5-12(13(7-10)20(24)25)14-6-4-11(27-14)8-15-17(23)19(9-16(21)22)18(28)29-15/h3-8H,2,9H2,1H3,(H,21,22)/b15-8-. The number of nitro benzene ring substituents is 1. The van der Waals surface area contributed by atoms with Crippen LogP contribution in [0.2, 0.25) is 0 Å². The van der Waals surface area contributed by atoms with Crippen LogP contribution in [0.25, 0.3) is 17.4 Å². The van der Waals surface area contributed by atoms with E-state index in [2.05, 4.69) is 0 Å². The highest BCUT2D eigenvalue weighted by atomic mass is 32.2. The first-order valence-electron chi connectivity index (χ1n) is 8.28. The van der Waals surface area contributed by atoms with Crippen LogP contribution in [-0.2, 0) is 9.59 Å². The van der Waals surface area contributed by atoms with Gasteiger partial charge < -0.3 is 14.3 Å². The summed E-state index contributed by atoms with van der Waals surface area (Å²) in [5.74, 6) is -0.819. The van der Waals surface area contributed by atoms with Gasteiger partial charge in [-0.2, -0.15) is 0 Å². The molecule has 0 saturated carbocycles. The minimum absolute atomic E-state index is 0.137. The molecule has 1 saturated heterocycles. The third-order valence-corrected chi connectivity index (χ3v) is 5.19. The zero-order valence-electron chi connectivity index (χ0n) is 15.0. The molecule has 2 heterocycles. The second kappa shape index (κ2) is 8.45. The number of furan rings is 1. The van der Waals surface area contributed by atoms with Gasteiger partial charge in [-0.15, -0.1) is 0 Å². The van der Waals surface area contributed by atoms with Gasteiger partial charge in [0.1, 0.15) is 28.1 Å². The molecular weight excluding hydrogens is 420 g/mol. The number of carbonyl (C=O) groups excluding carboxylic acids is 1. The number of thioether (sulfide) groups is 1. The highest BCUT2D eigenvalue weighted by Gasteiger charge is 2.33. The Bertz CT molecular complexity index is 1040. The zero-order valence-corrected chi connectivity index (χ0v) is 16.6. The number of hydrogen-bond acceptors (Lipinski definition) is 8. The van der Waals surface area contributed by atoms with E-state index in [1.807, 2.05) is 0 Å². The molecule has 0 unspecified atom stereocenters. The summed E-state index contributed by atoms with van der Waals surface area (Å²) in [5, 5.41) is 20.3. The normalized spacial score (nSPS) is 15.2. The van der Waals surface area contributed by atoms with Gasteiger partial charge in [-0.1, -0.05) is 24.0 Å². The van der Waals surface area contributed by atoms with Gasteiger partial charge in [0.25, 0.3) is 11.6 Å². The second-order valence-corrected chi connectivity index (χ2v) is 7.41. The molecule has 9 nitrogen and oxygen atoms in total. The molecule has 2 aromatic rings. The molecule has 11 heteroatoms. The molecule has 0 atom stereocenters. The minimum atomic E-state index is -1.18. The van der Waals surface area contributed by atoms with Crippen molar-refractivity contribution in [3.8, 4) is 17.1 Å². The fourth-order valence-corrected chi connectivity index (χ4v) is 3.84. The largest absolute Gasteiger partial charge is 0.494 e. The van der Waals surface area contributed by atoms with Crippen LogP contribution in [0, 0.1) is 10.1 Å². The van der Waals surface area contributed by atoms with Crippen LogP contribution < -0.4 is 4.74 Å². The van der Waals surface area contributed by atoms with Crippen molar-refractivity contribution >= 4 is 51.9 Å². The lowest BCUT2D eigenvalue weighted by Gasteiger charge is -2.09. The van der Waals surface area contributed by atoms with Gasteiger partial charge >= 0.3 is 5.97 Å². The average Bonchev–Trinajstić information content (AvgIpc) is 3.22. The monoisotopic (exact) mass is 434 g/mol. The van der Waals surface area contributed by atoms with E-state index < -0.39 is 23.3 Å². The highest BCUT2D eigenvalue weighted by Crippen LogP contribution is 2.36. The maximum Gasteiger partial charge on any atom is 0.323 e. The Morgan fingerprint density at radius 1 is 1.41 bits per heavy atom. The number of thiocarbonyl (C=S) groups is 1. The SMILES string of the molecule is CCOc1ccc(-c2ccc(/C=C3\SC(=S)N(CC(=O)O)C3=O)o2)c([N+](=O)[O-])c1. The van der Waals surface area contributed by atoms with Crippen molar-refractivity contribution in [2.45, 2.75) is 6.92 Å². The van der Waals surface area contributed by atoms with Gasteiger partial charge in [-0.3, -0.25) is 24.6 Å². The predicted molar refractivity (Wildman–Crippen MR) is 109 cm³/mol. The fourth-order valence-electron chi connectivity index (χ4n) is 2.60. The van der Waals surface area contributed by atoms with Crippen LogP contribution in [0.5, 0.6) is 5.75 Å². The molecule has 1 N–H and O–H groups in total. The van der Waals surface area contributed by atoms with E-state index in [0.717, 1.165) is 16.7 Å². The lowest BCUT2D eigenvalue weighted by Crippen LogP contribution is -2.33. The van der Waals surface area contributed by atoms with Gasteiger partial charge in [0.05, 0.1) is 28.1 Å². The maximum absolute atomic E-state index is 12.3. The van der Waals surface area contributed by atoms with Crippen molar-refractivity contribution in [3.63, 3.8) is 0 Å². The van der Waals surface area contributed by atoms with Crippen LogP contribution >= 0.6 is 24.0 Å². The van der Waals surface area contributed by atoms with Gasteiger partial charge in [0, 0.05) is 6.08 Å². The molecule has 1 aromatic heterocycles. The van der Waals surface area contributed by atoms with Gasteiger partial charge in [0.15, 0.2) is 0 Å². The molecule has 1 aromatic carbocycles. The number of carboxylic acid groups (broad SMARTS) is 1. The predicted octanol–water partition coefficient (Wildman–Crippen LogP) is 3.54. The Labute approximate surface area is 174 Å². The minimum Gasteiger partial charge on any atom is -0.494 e.